The van der Waals surface area contributed by atoms with Gasteiger partial charge in [-0.2, -0.15) is 0 Å². The van der Waals surface area contributed by atoms with Gasteiger partial charge in [-0.3, -0.25) is 4.79 Å². The zero-order chi connectivity index (χ0) is 17.0. The van der Waals surface area contributed by atoms with Gasteiger partial charge in [0.05, 0.1) is 6.42 Å². The largest absolute Gasteiger partial charge is 0.354 e. The van der Waals surface area contributed by atoms with Crippen molar-refractivity contribution in [1.82, 2.24) is 10.2 Å². The maximum Gasteiger partial charge on any atom is 0.224 e. The maximum absolute atomic E-state index is 12.5. The van der Waals surface area contributed by atoms with Crippen molar-refractivity contribution in [3.63, 3.8) is 0 Å². The zero-order valence-electron chi connectivity index (χ0n) is 14.8. The number of fused-ring (bicyclic) bond motifs is 1. The Labute approximate surface area is 145 Å². The van der Waals surface area contributed by atoms with E-state index < -0.39 is 0 Å². The van der Waals surface area contributed by atoms with Crippen molar-refractivity contribution >= 4 is 16.7 Å². The van der Waals surface area contributed by atoms with Crippen LogP contribution in [0, 0.1) is 0 Å². The predicted octanol–water partition coefficient (Wildman–Crippen LogP) is 3.76. The average Bonchev–Trinajstić information content (AvgIpc) is 2.61. The molecular weight excluding hydrogens is 296 g/mol. The zero-order valence-corrected chi connectivity index (χ0v) is 14.8. The fraction of sp³-hybridized carbons (Fsp3) is 0.476. The van der Waals surface area contributed by atoms with Crippen LogP contribution < -0.4 is 5.32 Å². The van der Waals surface area contributed by atoms with Gasteiger partial charge in [-0.1, -0.05) is 61.7 Å². The molecule has 1 aliphatic carbocycles. The lowest BCUT2D eigenvalue weighted by molar-refractivity contribution is -0.121. The Morgan fingerprint density at radius 3 is 2.50 bits per heavy atom. The van der Waals surface area contributed by atoms with E-state index in [9.17, 15) is 4.79 Å². The normalized spacial score (nSPS) is 17.1. The van der Waals surface area contributed by atoms with Gasteiger partial charge >= 0.3 is 0 Å². The molecule has 1 aliphatic rings. The van der Waals surface area contributed by atoms with E-state index in [1.165, 1.54) is 42.9 Å². The molecule has 1 fully saturated rings. The minimum atomic E-state index is 0.123. The fourth-order valence-corrected chi connectivity index (χ4v) is 3.94. The number of carbonyl (C=O) groups is 1. The van der Waals surface area contributed by atoms with E-state index in [-0.39, 0.29) is 11.4 Å². The minimum Gasteiger partial charge on any atom is -0.354 e. The summed E-state index contributed by atoms with van der Waals surface area (Å²) in [4.78, 5) is 14.8. The molecule has 3 nitrogen and oxygen atoms in total. The summed E-state index contributed by atoms with van der Waals surface area (Å²) in [6.07, 6.45) is 6.64. The van der Waals surface area contributed by atoms with Gasteiger partial charge in [0, 0.05) is 12.1 Å². The van der Waals surface area contributed by atoms with Crippen LogP contribution in [0.3, 0.4) is 0 Å². The number of rotatable bonds is 5. The number of nitrogens with one attached hydrogen (secondary N) is 1. The quantitative estimate of drug-likeness (QED) is 0.908. The third-order valence-electron chi connectivity index (χ3n) is 5.58. The summed E-state index contributed by atoms with van der Waals surface area (Å²) in [7, 11) is 4.28. The first-order valence-electron chi connectivity index (χ1n) is 9.01. The van der Waals surface area contributed by atoms with Crippen LogP contribution in [0.4, 0.5) is 0 Å². The van der Waals surface area contributed by atoms with E-state index in [1.807, 2.05) is 18.2 Å². The van der Waals surface area contributed by atoms with Crippen molar-refractivity contribution in [2.45, 2.75) is 44.1 Å². The molecule has 2 aromatic carbocycles. The van der Waals surface area contributed by atoms with Gasteiger partial charge in [0.1, 0.15) is 0 Å². The third-order valence-corrected chi connectivity index (χ3v) is 5.58. The SMILES string of the molecule is CN(C)C1(CNC(=O)Cc2cccc3ccccc23)CCCCC1. The van der Waals surface area contributed by atoms with Crippen LogP contribution in [0.15, 0.2) is 42.5 Å². The van der Waals surface area contributed by atoms with Gasteiger partial charge in [-0.05, 0) is 43.3 Å². The second-order valence-corrected chi connectivity index (χ2v) is 7.27. The highest BCUT2D eigenvalue weighted by molar-refractivity contribution is 5.90. The topological polar surface area (TPSA) is 32.3 Å². The van der Waals surface area contributed by atoms with Crippen molar-refractivity contribution in [3.8, 4) is 0 Å². The van der Waals surface area contributed by atoms with E-state index in [0.717, 1.165) is 12.1 Å². The number of amides is 1. The summed E-state index contributed by atoms with van der Waals surface area (Å²) in [5, 5.41) is 5.58. The number of nitrogens with zero attached hydrogens (tertiary/aromatic N) is 1. The van der Waals surface area contributed by atoms with Crippen LogP contribution in [0.5, 0.6) is 0 Å². The molecule has 1 N–H and O–H groups in total. The first-order valence-corrected chi connectivity index (χ1v) is 9.01. The number of hydrogen-bond donors (Lipinski definition) is 1. The Morgan fingerprint density at radius 1 is 1.04 bits per heavy atom. The molecule has 24 heavy (non-hydrogen) atoms. The summed E-state index contributed by atoms with van der Waals surface area (Å²) in [6.45, 7) is 0.754. The highest BCUT2D eigenvalue weighted by Crippen LogP contribution is 2.31. The molecule has 0 spiro atoms. The van der Waals surface area contributed by atoms with E-state index in [2.05, 4.69) is 48.6 Å². The smallest absolute Gasteiger partial charge is 0.224 e. The first-order chi connectivity index (χ1) is 11.6. The lowest BCUT2D eigenvalue weighted by Crippen LogP contribution is -2.54. The molecule has 0 heterocycles. The third kappa shape index (κ3) is 3.62. The summed E-state index contributed by atoms with van der Waals surface area (Å²) in [5.74, 6) is 0.123. The van der Waals surface area contributed by atoms with E-state index in [0.29, 0.717) is 6.42 Å². The Kier molecular flexibility index (Phi) is 5.20. The Morgan fingerprint density at radius 2 is 1.75 bits per heavy atom. The summed E-state index contributed by atoms with van der Waals surface area (Å²) in [6, 6.07) is 14.5. The molecule has 0 atom stereocenters. The van der Waals surface area contributed by atoms with E-state index >= 15 is 0 Å². The highest BCUT2D eigenvalue weighted by atomic mass is 16.1. The number of benzene rings is 2. The standard InChI is InChI=1S/C21H28N2O/c1-23(2)21(13-6-3-7-14-21)16-22-20(24)15-18-11-8-10-17-9-4-5-12-19(17)18/h4-5,8-12H,3,6-7,13-16H2,1-2H3,(H,22,24). The van der Waals surface area contributed by atoms with Gasteiger partial charge in [0.15, 0.2) is 0 Å². The molecule has 2 aromatic rings. The van der Waals surface area contributed by atoms with Crippen LogP contribution in [-0.2, 0) is 11.2 Å². The van der Waals surface area contributed by atoms with Crippen molar-refractivity contribution in [2.75, 3.05) is 20.6 Å². The molecule has 0 aliphatic heterocycles. The van der Waals surface area contributed by atoms with Gasteiger partial charge < -0.3 is 10.2 Å². The van der Waals surface area contributed by atoms with E-state index in [1.54, 1.807) is 0 Å². The summed E-state index contributed by atoms with van der Waals surface area (Å²) in [5.41, 5.74) is 1.24. The predicted molar refractivity (Wildman–Crippen MR) is 100 cm³/mol. The van der Waals surface area contributed by atoms with Crippen LogP contribution in [-0.4, -0.2) is 37.0 Å². The Bertz CT molecular complexity index is 697. The number of hydrogen-bond acceptors (Lipinski definition) is 2. The molecule has 0 aromatic heterocycles. The fourth-order valence-electron chi connectivity index (χ4n) is 3.94. The maximum atomic E-state index is 12.5. The second kappa shape index (κ2) is 7.35. The van der Waals surface area contributed by atoms with Crippen molar-refractivity contribution < 1.29 is 4.79 Å². The lowest BCUT2D eigenvalue weighted by Gasteiger charge is -2.43. The van der Waals surface area contributed by atoms with Crippen molar-refractivity contribution in [3.05, 3.63) is 48.0 Å². The Hall–Kier alpha value is -1.87. The molecule has 1 saturated carbocycles. The van der Waals surface area contributed by atoms with Crippen molar-refractivity contribution in [1.29, 1.82) is 0 Å². The number of likely N-dealkylation sites (N-methyl/N-ethyl adjacent to an activating group) is 1. The molecule has 128 valence electrons. The molecule has 0 radical (unpaired) electrons. The first kappa shape index (κ1) is 17.0. The van der Waals surface area contributed by atoms with Crippen molar-refractivity contribution in [2.24, 2.45) is 0 Å². The second-order valence-electron chi connectivity index (χ2n) is 7.27. The molecule has 0 saturated heterocycles. The molecule has 1 amide bonds. The van der Waals surface area contributed by atoms with Gasteiger partial charge in [0.25, 0.3) is 0 Å². The molecule has 0 unspecified atom stereocenters. The monoisotopic (exact) mass is 324 g/mol. The van der Waals surface area contributed by atoms with Gasteiger partial charge in [-0.25, -0.2) is 0 Å². The molecular formula is C21H28N2O. The minimum absolute atomic E-state index is 0.123. The molecule has 3 heteroatoms. The highest BCUT2D eigenvalue weighted by Gasteiger charge is 2.34. The lowest BCUT2D eigenvalue weighted by atomic mass is 9.80. The molecule has 0 bridgehead atoms. The van der Waals surface area contributed by atoms with Crippen LogP contribution in [0.25, 0.3) is 10.8 Å². The Balaban J connectivity index is 1.67. The van der Waals surface area contributed by atoms with Crippen LogP contribution in [0.1, 0.15) is 37.7 Å². The average molecular weight is 324 g/mol. The summed E-state index contributed by atoms with van der Waals surface area (Å²) < 4.78 is 0. The van der Waals surface area contributed by atoms with Crippen LogP contribution >= 0.6 is 0 Å². The van der Waals surface area contributed by atoms with Gasteiger partial charge in [0.2, 0.25) is 5.91 Å². The van der Waals surface area contributed by atoms with Gasteiger partial charge in [-0.15, -0.1) is 0 Å². The van der Waals surface area contributed by atoms with E-state index in [4.69, 9.17) is 0 Å². The molecule has 3 rings (SSSR count). The van der Waals surface area contributed by atoms with Crippen LogP contribution in [0.2, 0.25) is 0 Å². The number of carbonyl (C=O) groups excluding carboxylic acids is 1. The summed E-state index contributed by atoms with van der Waals surface area (Å²) >= 11 is 0.